The van der Waals surface area contributed by atoms with E-state index in [1.54, 1.807) is 0 Å². The summed E-state index contributed by atoms with van der Waals surface area (Å²) in [4.78, 5) is 9.00. The summed E-state index contributed by atoms with van der Waals surface area (Å²) < 4.78 is 0. The number of nitrogens with zero attached hydrogens (tertiary/aromatic N) is 4. The number of para-hydroxylation sites is 1. The molecule has 0 unspecified atom stereocenters. The van der Waals surface area contributed by atoms with Gasteiger partial charge in [-0.05, 0) is 211 Å². The molecule has 23 aromatic rings. The molecule has 4 heteroatoms. The molecule has 0 N–H and O–H groups in total. The van der Waals surface area contributed by atoms with Gasteiger partial charge in [0.15, 0.2) is 0 Å². The molecule has 0 aromatic heterocycles. The van der Waals surface area contributed by atoms with E-state index in [1.165, 1.54) is 197 Å². The lowest BCUT2D eigenvalue weighted by molar-refractivity contribution is 1.22. The Bertz CT molecular complexity index is 7390. The zero-order valence-electron chi connectivity index (χ0n) is 69.7. The maximum Gasteiger partial charge on any atom is 0.0487 e. The van der Waals surface area contributed by atoms with Crippen molar-refractivity contribution in [3.63, 3.8) is 0 Å². The molecule has 0 saturated heterocycles. The van der Waals surface area contributed by atoms with Crippen molar-refractivity contribution in [2.75, 3.05) is 47.8 Å². The van der Waals surface area contributed by atoms with Crippen LogP contribution in [-0.4, -0.2) is 28.2 Å². The van der Waals surface area contributed by atoms with Crippen molar-refractivity contribution in [1.82, 2.24) is 0 Å². The highest BCUT2D eigenvalue weighted by Crippen LogP contribution is 2.41. The molecule has 0 aliphatic carbocycles. The highest BCUT2D eigenvalue weighted by molar-refractivity contribution is 6.27. The SMILES string of the molecule is CN(c1ccc2ccccc2c1)c1ccc2ccccc2c1.CN(c1ccc2ccccc2c1)c1cccc2ccccc12.CN(c1cccc2ccccc12)c1cccc2ccccc12.CN(c1ccccc1)c1cccc2ccccc12.Cc1ccc2c3ccccc3c3ccccc3c2c1.Cc1cccc2c3ccccc3c3ccccc3c12. The third kappa shape index (κ3) is 16.2. The van der Waals surface area contributed by atoms with Gasteiger partial charge in [0.2, 0.25) is 0 Å². The molecule has 122 heavy (non-hydrogen) atoms. The molecule has 0 atom stereocenters. The van der Waals surface area contributed by atoms with Crippen molar-refractivity contribution in [2.45, 2.75) is 13.8 Å². The molecule has 23 aromatic carbocycles. The van der Waals surface area contributed by atoms with Crippen molar-refractivity contribution >= 4 is 186 Å². The molecule has 586 valence electrons. The summed E-state index contributed by atoms with van der Waals surface area (Å²) in [6, 6.07) is 164. The maximum absolute atomic E-state index is 2.30. The molecule has 4 nitrogen and oxygen atoms in total. The average Bonchev–Trinajstić information content (AvgIpc) is 0.753. The zero-order valence-corrected chi connectivity index (χ0v) is 69.7. The van der Waals surface area contributed by atoms with E-state index in [2.05, 4.69) is 517 Å². The summed E-state index contributed by atoms with van der Waals surface area (Å²) in [5.74, 6) is 0. The lowest BCUT2D eigenvalue weighted by Gasteiger charge is -2.23. The second-order valence-corrected chi connectivity index (χ2v) is 31.4. The maximum atomic E-state index is 2.30. The third-order valence-electron chi connectivity index (χ3n) is 23.9. The van der Waals surface area contributed by atoms with Gasteiger partial charge < -0.3 is 19.6 Å². The van der Waals surface area contributed by atoms with Gasteiger partial charge in [0.05, 0.1) is 0 Å². The molecule has 0 heterocycles. The Morgan fingerprint density at radius 3 is 0.754 bits per heavy atom. The first-order valence-corrected chi connectivity index (χ1v) is 42.0. The minimum absolute atomic E-state index is 1.20. The van der Waals surface area contributed by atoms with Crippen LogP contribution in [0.15, 0.2) is 461 Å². The summed E-state index contributed by atoms with van der Waals surface area (Å²) in [6.07, 6.45) is 0. The van der Waals surface area contributed by atoms with E-state index < -0.39 is 0 Å². The predicted octanol–water partition coefficient (Wildman–Crippen LogP) is 32.8. The molecule has 0 saturated carbocycles. The lowest BCUT2D eigenvalue weighted by atomic mass is 9.92. The first kappa shape index (κ1) is 77.9. The zero-order chi connectivity index (χ0) is 82.8. The molecule has 0 aliphatic rings. The Morgan fingerprint density at radius 1 is 0.139 bits per heavy atom. The van der Waals surface area contributed by atoms with Crippen LogP contribution < -0.4 is 19.6 Å². The average molecular weight is 1570 g/mol. The van der Waals surface area contributed by atoms with Crippen LogP contribution >= 0.6 is 0 Å². The fraction of sp³-hybridized carbons (Fsp3) is 0.0508. The van der Waals surface area contributed by atoms with Gasteiger partial charge in [-0.25, -0.2) is 0 Å². The van der Waals surface area contributed by atoms with Crippen LogP contribution in [0.5, 0.6) is 0 Å². The highest BCUT2D eigenvalue weighted by atomic mass is 15.1. The lowest BCUT2D eigenvalue weighted by Crippen LogP contribution is -2.10. The van der Waals surface area contributed by atoms with E-state index in [9.17, 15) is 0 Å². The van der Waals surface area contributed by atoms with Gasteiger partial charge in [0.1, 0.15) is 0 Å². The van der Waals surface area contributed by atoms with Gasteiger partial charge in [-0.1, -0.05) is 394 Å². The van der Waals surface area contributed by atoms with E-state index in [0.717, 1.165) is 0 Å². The number of rotatable bonds is 8. The Balaban J connectivity index is 0.000000100. The summed E-state index contributed by atoms with van der Waals surface area (Å²) in [6.45, 7) is 4.35. The van der Waals surface area contributed by atoms with Crippen molar-refractivity contribution < 1.29 is 0 Å². The van der Waals surface area contributed by atoms with E-state index in [4.69, 9.17) is 0 Å². The molecule has 0 radical (unpaired) electrons. The topological polar surface area (TPSA) is 13.0 Å². The van der Waals surface area contributed by atoms with Crippen LogP contribution in [0.4, 0.5) is 45.5 Å². The summed E-state index contributed by atoms with van der Waals surface area (Å²) in [7, 11) is 8.50. The van der Waals surface area contributed by atoms with Crippen LogP contribution in [0.25, 0.3) is 140 Å². The predicted molar refractivity (Wildman–Crippen MR) is 534 cm³/mol. The van der Waals surface area contributed by atoms with Crippen LogP contribution in [0.2, 0.25) is 0 Å². The van der Waals surface area contributed by atoms with Gasteiger partial charge in [-0.2, -0.15) is 0 Å². The Morgan fingerprint density at radius 2 is 0.385 bits per heavy atom. The van der Waals surface area contributed by atoms with Crippen molar-refractivity contribution in [3.8, 4) is 0 Å². The smallest absolute Gasteiger partial charge is 0.0487 e. The fourth-order valence-corrected chi connectivity index (χ4v) is 17.5. The van der Waals surface area contributed by atoms with Gasteiger partial charge >= 0.3 is 0 Å². The van der Waals surface area contributed by atoms with Gasteiger partial charge in [-0.15, -0.1) is 0 Å². The van der Waals surface area contributed by atoms with Crippen molar-refractivity contribution in [2.24, 2.45) is 0 Å². The van der Waals surface area contributed by atoms with E-state index in [-0.39, 0.29) is 0 Å². The van der Waals surface area contributed by atoms with Crippen molar-refractivity contribution in [1.29, 1.82) is 0 Å². The number of benzene rings is 23. The fourth-order valence-electron chi connectivity index (χ4n) is 17.5. The summed E-state index contributed by atoms with van der Waals surface area (Å²) >= 11 is 0. The number of hydrogen-bond acceptors (Lipinski definition) is 4. The Labute approximate surface area is 714 Å². The third-order valence-corrected chi connectivity index (χ3v) is 23.9. The quantitative estimate of drug-likeness (QED) is 0.141. The second-order valence-electron chi connectivity index (χ2n) is 31.4. The standard InChI is InChI=1S/3C21H17N.2C19H14.C17H15N/c1-22(20-14-6-10-16-8-2-4-12-18(16)20)21-15-7-11-17-9-3-5-13-19(17)21;1-22(20-12-10-16-6-2-4-8-18(16)14-20)21-13-11-17-7-3-5-9-19(17)15-21;1-22(19-14-13-16-7-2-3-9-18(16)15-19)21-12-6-10-17-8-4-5-11-20(17)21;1-13-7-6-12-18-16-9-3-2-8-14(16)15-10-4-5-11-17(15)19(13)18;1-13-10-11-18-16-8-3-2-6-14(16)15-7-4-5-9-17(15)19(18)12-13;1-18(15-10-3-2-4-11-15)17-13-7-9-14-8-5-6-12-16(14)17/h3*2-15H,1H3;2*2-12H,1H3;2-13H,1H3. The van der Waals surface area contributed by atoms with Gasteiger partial charge in [0, 0.05) is 95.2 Å². The molecule has 0 bridgehead atoms. The van der Waals surface area contributed by atoms with Crippen LogP contribution in [0.1, 0.15) is 11.1 Å². The number of hydrogen-bond donors (Lipinski definition) is 0. The number of aryl methyl sites for hydroxylation is 2. The monoisotopic (exact) mass is 1570 g/mol. The first-order valence-electron chi connectivity index (χ1n) is 42.0. The largest absolute Gasteiger partial charge is 0.345 e. The molecule has 23 rings (SSSR count). The molecular formula is C118H94N4. The van der Waals surface area contributed by atoms with Crippen LogP contribution in [0, 0.1) is 13.8 Å². The Kier molecular flexibility index (Phi) is 22.6. The highest BCUT2D eigenvalue weighted by Gasteiger charge is 2.16. The van der Waals surface area contributed by atoms with Crippen molar-refractivity contribution in [3.05, 3.63) is 472 Å². The first-order chi connectivity index (χ1) is 60.0. The van der Waals surface area contributed by atoms with E-state index in [1.807, 2.05) is 6.07 Å². The van der Waals surface area contributed by atoms with E-state index >= 15 is 0 Å². The van der Waals surface area contributed by atoms with Gasteiger partial charge in [0.25, 0.3) is 0 Å². The summed E-state index contributed by atoms with van der Waals surface area (Å²) in [5.41, 5.74) is 12.4. The second kappa shape index (κ2) is 35.4. The Hall–Kier alpha value is -15.4. The molecule has 0 aliphatic heterocycles. The minimum Gasteiger partial charge on any atom is -0.345 e. The minimum atomic E-state index is 1.20. The van der Waals surface area contributed by atoms with Crippen LogP contribution in [-0.2, 0) is 0 Å². The normalized spacial score (nSPS) is 11.0. The molecule has 0 spiro atoms. The molecular weight excluding hydrogens is 1470 g/mol. The number of fused-ring (bicyclic) bond motifs is 19. The van der Waals surface area contributed by atoms with Crippen LogP contribution in [0.3, 0.4) is 0 Å². The van der Waals surface area contributed by atoms with E-state index in [0.29, 0.717) is 0 Å². The molecule has 0 amide bonds. The summed E-state index contributed by atoms with van der Waals surface area (Å²) in [5, 5.41) is 34.1. The molecule has 0 fully saturated rings. The number of anilines is 8. The van der Waals surface area contributed by atoms with Gasteiger partial charge in [-0.3, -0.25) is 0 Å².